The van der Waals surface area contributed by atoms with Crippen molar-refractivity contribution < 1.29 is 22.7 Å². The minimum absolute atomic E-state index is 0.104. The number of hydrogen-bond donors (Lipinski definition) is 2. The number of ether oxygens (including phenoxy) is 2. The molecule has 1 unspecified atom stereocenters. The van der Waals surface area contributed by atoms with E-state index in [1.54, 1.807) is 11.3 Å². The van der Waals surface area contributed by atoms with Gasteiger partial charge >= 0.3 is 5.97 Å². The molecule has 8 nitrogen and oxygen atoms in total. The summed E-state index contributed by atoms with van der Waals surface area (Å²) in [7, 11) is -2.68. The maximum Gasteiger partial charge on any atom is 0.340 e. The van der Waals surface area contributed by atoms with E-state index in [9.17, 15) is 13.2 Å². The van der Waals surface area contributed by atoms with Gasteiger partial charge in [-0.05, 0) is 29.6 Å². The number of nitrogens with two attached hydrogens (primary N) is 1. The van der Waals surface area contributed by atoms with Crippen LogP contribution in [-0.4, -0.2) is 59.2 Å². The van der Waals surface area contributed by atoms with E-state index in [-0.39, 0.29) is 16.5 Å². The second-order valence-electron chi connectivity index (χ2n) is 6.30. The molecule has 1 saturated heterocycles. The van der Waals surface area contributed by atoms with Gasteiger partial charge in [-0.3, -0.25) is 4.90 Å². The first-order valence-corrected chi connectivity index (χ1v) is 11.2. The minimum Gasteiger partial charge on any atom is -0.465 e. The number of anilines is 1. The Kier molecular flexibility index (Phi) is 6.68. The normalized spacial score (nSPS) is 16.5. The van der Waals surface area contributed by atoms with E-state index in [4.69, 9.17) is 14.6 Å². The van der Waals surface area contributed by atoms with Gasteiger partial charge in [-0.2, -0.15) is 0 Å². The van der Waals surface area contributed by atoms with Crippen LogP contribution < -0.4 is 10.5 Å². The molecule has 2 aromatic rings. The SMILES string of the molecule is COC(=O)c1cc(S(N)(=O)=O)ccc1NCC(c1cccs1)N1CCOCC1. The Morgan fingerprint density at radius 2 is 2.11 bits per heavy atom. The Labute approximate surface area is 168 Å². The van der Waals surface area contributed by atoms with Crippen LogP contribution in [0.15, 0.2) is 40.6 Å². The van der Waals surface area contributed by atoms with E-state index in [1.807, 2.05) is 11.4 Å². The molecule has 152 valence electrons. The number of nitrogens with one attached hydrogen (secondary N) is 1. The maximum atomic E-state index is 12.2. The van der Waals surface area contributed by atoms with Crippen LogP contribution in [0.1, 0.15) is 21.3 Å². The van der Waals surface area contributed by atoms with Crippen LogP contribution in [0.2, 0.25) is 0 Å². The molecule has 3 rings (SSSR count). The van der Waals surface area contributed by atoms with E-state index in [1.165, 1.54) is 30.2 Å². The second-order valence-corrected chi connectivity index (χ2v) is 8.85. The van der Waals surface area contributed by atoms with Crippen molar-refractivity contribution in [2.24, 2.45) is 5.14 Å². The van der Waals surface area contributed by atoms with Gasteiger partial charge in [-0.15, -0.1) is 11.3 Å². The Bertz CT molecular complexity index is 909. The summed E-state index contributed by atoms with van der Waals surface area (Å²) < 4.78 is 33.5. The van der Waals surface area contributed by atoms with Crippen molar-refractivity contribution in [2.75, 3.05) is 45.3 Å². The number of carbonyl (C=O) groups excluding carboxylic acids is 1. The lowest BCUT2D eigenvalue weighted by Gasteiger charge is -2.34. The topological polar surface area (TPSA) is 111 Å². The number of carbonyl (C=O) groups is 1. The summed E-state index contributed by atoms with van der Waals surface area (Å²) in [4.78, 5) is 15.6. The van der Waals surface area contributed by atoms with Crippen molar-refractivity contribution in [2.45, 2.75) is 10.9 Å². The van der Waals surface area contributed by atoms with E-state index in [0.717, 1.165) is 13.1 Å². The van der Waals surface area contributed by atoms with E-state index in [0.29, 0.717) is 25.4 Å². The Balaban J connectivity index is 1.85. The van der Waals surface area contributed by atoms with Crippen molar-refractivity contribution in [3.63, 3.8) is 0 Å². The minimum atomic E-state index is -3.92. The van der Waals surface area contributed by atoms with Crippen molar-refractivity contribution in [3.05, 3.63) is 46.2 Å². The van der Waals surface area contributed by atoms with Gasteiger partial charge < -0.3 is 14.8 Å². The lowest BCUT2D eigenvalue weighted by Crippen LogP contribution is -2.41. The van der Waals surface area contributed by atoms with Gasteiger partial charge in [0.15, 0.2) is 0 Å². The van der Waals surface area contributed by atoms with Gasteiger partial charge in [0.1, 0.15) is 0 Å². The van der Waals surface area contributed by atoms with Crippen LogP contribution in [-0.2, 0) is 19.5 Å². The first kappa shape index (κ1) is 20.7. The number of sulfonamides is 1. The van der Waals surface area contributed by atoms with E-state index in [2.05, 4.69) is 16.3 Å². The van der Waals surface area contributed by atoms with E-state index < -0.39 is 16.0 Å². The fraction of sp³-hybridized carbons (Fsp3) is 0.389. The molecule has 1 fully saturated rings. The molecule has 0 spiro atoms. The van der Waals surface area contributed by atoms with Crippen LogP contribution in [0.3, 0.4) is 0 Å². The molecule has 28 heavy (non-hydrogen) atoms. The van der Waals surface area contributed by atoms with Crippen LogP contribution >= 0.6 is 11.3 Å². The zero-order chi connectivity index (χ0) is 20.1. The fourth-order valence-corrected chi connectivity index (χ4v) is 4.52. The lowest BCUT2D eigenvalue weighted by molar-refractivity contribution is 0.0194. The molecule has 3 N–H and O–H groups in total. The molecule has 1 aliphatic rings. The number of primary sulfonamides is 1. The zero-order valence-electron chi connectivity index (χ0n) is 15.5. The number of thiophene rings is 1. The average molecular weight is 426 g/mol. The third-order valence-electron chi connectivity index (χ3n) is 4.57. The lowest BCUT2D eigenvalue weighted by atomic mass is 10.1. The van der Waals surface area contributed by atoms with Crippen molar-refractivity contribution in [1.29, 1.82) is 0 Å². The van der Waals surface area contributed by atoms with Crippen LogP contribution in [0.5, 0.6) is 0 Å². The zero-order valence-corrected chi connectivity index (χ0v) is 17.1. The average Bonchev–Trinajstić information content (AvgIpc) is 3.22. The van der Waals surface area contributed by atoms with Gasteiger partial charge in [0.25, 0.3) is 0 Å². The van der Waals surface area contributed by atoms with Crippen molar-refractivity contribution in [1.82, 2.24) is 4.90 Å². The standard InChI is InChI=1S/C18H23N3O5S2/c1-25-18(22)14-11-13(28(19,23)24)4-5-15(14)20-12-16(17-3-2-10-27-17)21-6-8-26-9-7-21/h2-5,10-11,16,20H,6-9,12H2,1H3,(H2,19,23,24). The first-order chi connectivity index (χ1) is 13.4. The summed E-state index contributed by atoms with van der Waals surface area (Å²) in [6, 6.07) is 8.34. The molecule has 0 aliphatic carbocycles. The van der Waals surface area contributed by atoms with Gasteiger partial charge in [0.05, 0.1) is 36.8 Å². The number of methoxy groups -OCH3 is 1. The van der Waals surface area contributed by atoms with Crippen molar-refractivity contribution >= 4 is 33.0 Å². The summed E-state index contributed by atoms with van der Waals surface area (Å²) >= 11 is 1.67. The molecule has 1 atom stereocenters. The highest BCUT2D eigenvalue weighted by Crippen LogP contribution is 2.28. The molecule has 1 aromatic heterocycles. The predicted octanol–water partition coefficient (Wildman–Crippen LogP) is 1.67. The van der Waals surface area contributed by atoms with E-state index >= 15 is 0 Å². The smallest absolute Gasteiger partial charge is 0.340 e. The number of nitrogens with zero attached hydrogens (tertiary/aromatic N) is 1. The predicted molar refractivity (Wildman–Crippen MR) is 107 cm³/mol. The Morgan fingerprint density at radius 3 is 2.71 bits per heavy atom. The monoisotopic (exact) mass is 425 g/mol. The second kappa shape index (κ2) is 9.01. The van der Waals surface area contributed by atoms with Crippen LogP contribution in [0.25, 0.3) is 0 Å². The summed E-state index contributed by atoms with van der Waals surface area (Å²) in [5.41, 5.74) is 0.620. The fourth-order valence-electron chi connectivity index (χ4n) is 3.12. The molecular weight excluding hydrogens is 402 g/mol. The highest BCUT2D eigenvalue weighted by Gasteiger charge is 2.24. The molecule has 10 heteroatoms. The largest absolute Gasteiger partial charge is 0.465 e. The number of morpholine rings is 1. The molecule has 1 aliphatic heterocycles. The quantitative estimate of drug-likeness (QED) is 0.649. The molecule has 0 radical (unpaired) electrons. The molecular formula is C18H23N3O5S2. The van der Waals surface area contributed by atoms with Gasteiger partial charge in [0, 0.05) is 30.2 Å². The molecule has 1 aromatic carbocycles. The molecule has 0 amide bonds. The third-order valence-corrected chi connectivity index (χ3v) is 6.45. The third kappa shape index (κ3) is 4.89. The van der Waals surface area contributed by atoms with Gasteiger partial charge in [-0.25, -0.2) is 18.4 Å². The summed E-state index contributed by atoms with van der Waals surface area (Å²) in [5, 5.41) is 10.5. The van der Waals surface area contributed by atoms with Gasteiger partial charge in [0.2, 0.25) is 10.0 Å². The maximum absolute atomic E-state index is 12.2. The Morgan fingerprint density at radius 1 is 1.36 bits per heavy atom. The molecule has 0 bridgehead atoms. The number of hydrogen-bond acceptors (Lipinski definition) is 8. The highest BCUT2D eigenvalue weighted by molar-refractivity contribution is 7.89. The highest BCUT2D eigenvalue weighted by atomic mass is 32.2. The van der Waals surface area contributed by atoms with Crippen molar-refractivity contribution in [3.8, 4) is 0 Å². The summed E-state index contributed by atoms with van der Waals surface area (Å²) in [6.07, 6.45) is 0. The number of rotatable bonds is 7. The first-order valence-electron chi connectivity index (χ1n) is 8.74. The van der Waals surface area contributed by atoms with Crippen LogP contribution in [0.4, 0.5) is 5.69 Å². The van der Waals surface area contributed by atoms with Crippen LogP contribution in [0, 0.1) is 0 Å². The Hall–Kier alpha value is -1.98. The summed E-state index contributed by atoms with van der Waals surface area (Å²) in [5.74, 6) is -0.632. The molecule has 0 saturated carbocycles. The summed E-state index contributed by atoms with van der Waals surface area (Å²) in [6.45, 7) is 3.53. The van der Waals surface area contributed by atoms with Gasteiger partial charge in [-0.1, -0.05) is 6.07 Å². The molecule has 2 heterocycles. The number of esters is 1. The number of benzene rings is 1.